The Bertz CT molecular complexity index is 724. The molecule has 0 radical (unpaired) electrons. The van der Waals surface area contributed by atoms with E-state index in [-0.39, 0.29) is 18.6 Å². The number of aliphatic hydroxyl groups is 1. The maximum Gasteiger partial charge on any atom is 0.222 e. The zero-order valence-electron chi connectivity index (χ0n) is 14.8. The molecule has 0 saturated heterocycles. The van der Waals surface area contributed by atoms with Gasteiger partial charge in [0.25, 0.3) is 0 Å². The standard InChI is InChI=1S/C18H25BrN4O2/c1-4-5-14(10-24)22-17-15(11(2)21-18(20)23-17)8-12-6-7-13(19)9-16(12)25-3/h6-7,9,14,24H,4-5,8,10H2,1-3H3,(H3,20,21,22,23). The highest BCUT2D eigenvalue weighted by Gasteiger charge is 2.16. The molecule has 6 nitrogen and oxygen atoms in total. The number of aliphatic hydroxyl groups excluding tert-OH is 1. The Hall–Kier alpha value is -1.86. The third-order valence-corrected chi connectivity index (χ3v) is 4.54. The highest BCUT2D eigenvalue weighted by atomic mass is 79.9. The number of anilines is 2. The summed E-state index contributed by atoms with van der Waals surface area (Å²) in [5, 5.41) is 12.9. The summed E-state index contributed by atoms with van der Waals surface area (Å²) >= 11 is 3.46. The van der Waals surface area contributed by atoms with Gasteiger partial charge in [-0.25, -0.2) is 4.98 Å². The number of benzene rings is 1. The van der Waals surface area contributed by atoms with Gasteiger partial charge < -0.3 is 20.9 Å². The van der Waals surface area contributed by atoms with Crippen molar-refractivity contribution in [2.24, 2.45) is 0 Å². The molecule has 0 aliphatic rings. The number of nitrogens with zero attached hydrogens (tertiary/aromatic N) is 2. The summed E-state index contributed by atoms with van der Waals surface area (Å²) in [5.74, 6) is 1.69. The zero-order valence-corrected chi connectivity index (χ0v) is 16.4. The van der Waals surface area contributed by atoms with Crippen molar-refractivity contribution in [1.82, 2.24) is 9.97 Å². The number of hydrogen-bond acceptors (Lipinski definition) is 6. The SMILES string of the molecule is CCCC(CO)Nc1nc(N)nc(C)c1Cc1ccc(Br)cc1OC. The second-order valence-electron chi connectivity index (χ2n) is 5.94. The molecular formula is C18H25BrN4O2. The van der Waals surface area contributed by atoms with E-state index in [0.29, 0.717) is 12.2 Å². The third kappa shape index (κ3) is 5.06. The first-order valence-electron chi connectivity index (χ1n) is 8.31. The number of halogens is 1. The van der Waals surface area contributed by atoms with Crippen LogP contribution in [0.1, 0.15) is 36.6 Å². The van der Waals surface area contributed by atoms with Gasteiger partial charge in [-0.2, -0.15) is 4.98 Å². The van der Waals surface area contributed by atoms with Gasteiger partial charge in [0.2, 0.25) is 5.95 Å². The van der Waals surface area contributed by atoms with Gasteiger partial charge in [0.1, 0.15) is 11.6 Å². The molecule has 136 valence electrons. The van der Waals surface area contributed by atoms with Crippen LogP contribution < -0.4 is 15.8 Å². The molecule has 1 unspecified atom stereocenters. The van der Waals surface area contributed by atoms with E-state index in [9.17, 15) is 5.11 Å². The van der Waals surface area contributed by atoms with E-state index >= 15 is 0 Å². The number of rotatable bonds is 8. The molecule has 0 aliphatic heterocycles. The molecule has 1 atom stereocenters. The molecule has 25 heavy (non-hydrogen) atoms. The van der Waals surface area contributed by atoms with E-state index < -0.39 is 0 Å². The number of methoxy groups -OCH3 is 1. The highest BCUT2D eigenvalue weighted by molar-refractivity contribution is 9.10. The van der Waals surface area contributed by atoms with Gasteiger partial charge in [-0.15, -0.1) is 0 Å². The summed E-state index contributed by atoms with van der Waals surface area (Å²) in [6, 6.07) is 5.86. The highest BCUT2D eigenvalue weighted by Crippen LogP contribution is 2.29. The molecule has 0 fully saturated rings. The van der Waals surface area contributed by atoms with Gasteiger partial charge >= 0.3 is 0 Å². The fraction of sp³-hybridized carbons (Fsp3) is 0.444. The Kier molecular flexibility index (Phi) is 7.01. The average molecular weight is 409 g/mol. The molecule has 0 spiro atoms. The van der Waals surface area contributed by atoms with Crippen LogP contribution in [-0.2, 0) is 6.42 Å². The van der Waals surface area contributed by atoms with E-state index in [1.165, 1.54) is 0 Å². The maximum absolute atomic E-state index is 9.59. The van der Waals surface area contributed by atoms with Gasteiger partial charge in [0, 0.05) is 22.2 Å². The number of nitrogen functional groups attached to an aromatic ring is 1. The topological polar surface area (TPSA) is 93.3 Å². The molecule has 7 heteroatoms. The molecule has 0 saturated carbocycles. The first kappa shape index (κ1) is 19.5. The number of nitrogens with one attached hydrogen (secondary N) is 1. The van der Waals surface area contributed by atoms with Crippen LogP contribution in [0.2, 0.25) is 0 Å². The van der Waals surface area contributed by atoms with Crippen molar-refractivity contribution in [3.8, 4) is 5.75 Å². The summed E-state index contributed by atoms with van der Waals surface area (Å²) in [6.07, 6.45) is 2.42. The largest absolute Gasteiger partial charge is 0.496 e. The molecule has 2 aromatic rings. The van der Waals surface area contributed by atoms with Crippen molar-refractivity contribution in [2.45, 2.75) is 39.2 Å². The van der Waals surface area contributed by atoms with Crippen molar-refractivity contribution in [1.29, 1.82) is 0 Å². The Morgan fingerprint density at radius 2 is 2.12 bits per heavy atom. The van der Waals surface area contributed by atoms with E-state index in [1.807, 2.05) is 25.1 Å². The van der Waals surface area contributed by atoms with E-state index in [1.54, 1.807) is 7.11 Å². The van der Waals surface area contributed by atoms with Crippen molar-refractivity contribution < 1.29 is 9.84 Å². The normalized spacial score (nSPS) is 12.0. The predicted octanol–water partition coefficient (Wildman–Crippen LogP) is 3.30. The maximum atomic E-state index is 9.59. The molecule has 1 heterocycles. The average Bonchev–Trinajstić information content (AvgIpc) is 2.58. The number of hydrogen-bond donors (Lipinski definition) is 3. The summed E-state index contributed by atoms with van der Waals surface area (Å²) in [4.78, 5) is 8.66. The van der Waals surface area contributed by atoms with E-state index in [2.05, 4.69) is 38.1 Å². The quantitative estimate of drug-likeness (QED) is 0.620. The van der Waals surface area contributed by atoms with Crippen LogP contribution in [0.15, 0.2) is 22.7 Å². The fourth-order valence-corrected chi connectivity index (χ4v) is 3.09. The Morgan fingerprint density at radius 3 is 2.76 bits per heavy atom. The Morgan fingerprint density at radius 1 is 1.36 bits per heavy atom. The van der Waals surface area contributed by atoms with Gasteiger partial charge in [0.15, 0.2) is 0 Å². The van der Waals surface area contributed by atoms with Gasteiger partial charge in [0.05, 0.1) is 19.8 Å². The van der Waals surface area contributed by atoms with E-state index in [0.717, 1.165) is 39.9 Å². The van der Waals surface area contributed by atoms with Gasteiger partial charge in [-0.3, -0.25) is 0 Å². The van der Waals surface area contributed by atoms with Crippen LogP contribution in [-0.4, -0.2) is 34.8 Å². The number of aromatic nitrogens is 2. The van der Waals surface area contributed by atoms with Crippen LogP contribution in [0, 0.1) is 6.92 Å². The lowest BCUT2D eigenvalue weighted by Crippen LogP contribution is -2.25. The number of nitrogens with two attached hydrogens (primary N) is 1. The first-order chi connectivity index (χ1) is 12.0. The van der Waals surface area contributed by atoms with Crippen molar-refractivity contribution >= 4 is 27.7 Å². The molecule has 0 bridgehead atoms. The lowest BCUT2D eigenvalue weighted by molar-refractivity contribution is 0.268. The van der Waals surface area contributed by atoms with Gasteiger partial charge in [-0.05, 0) is 31.0 Å². The summed E-state index contributed by atoms with van der Waals surface area (Å²) in [5.41, 5.74) is 8.62. The minimum absolute atomic E-state index is 0.0395. The summed E-state index contributed by atoms with van der Waals surface area (Å²) in [7, 11) is 1.65. The monoisotopic (exact) mass is 408 g/mol. The minimum atomic E-state index is -0.0655. The lowest BCUT2D eigenvalue weighted by Gasteiger charge is -2.20. The fourth-order valence-electron chi connectivity index (χ4n) is 2.75. The molecule has 0 amide bonds. The lowest BCUT2D eigenvalue weighted by atomic mass is 10.0. The van der Waals surface area contributed by atoms with E-state index in [4.69, 9.17) is 10.5 Å². The molecule has 0 aliphatic carbocycles. The van der Waals surface area contributed by atoms with Gasteiger partial charge in [-0.1, -0.05) is 35.3 Å². The molecular weight excluding hydrogens is 384 g/mol. The zero-order chi connectivity index (χ0) is 18.4. The molecule has 1 aromatic carbocycles. The molecule has 1 aromatic heterocycles. The first-order valence-corrected chi connectivity index (χ1v) is 9.10. The third-order valence-electron chi connectivity index (χ3n) is 4.05. The van der Waals surface area contributed by atoms with Crippen LogP contribution in [0.5, 0.6) is 5.75 Å². The van der Waals surface area contributed by atoms with Crippen LogP contribution in [0.25, 0.3) is 0 Å². The summed E-state index contributed by atoms with van der Waals surface area (Å²) < 4.78 is 6.45. The van der Waals surface area contributed by atoms with Crippen LogP contribution in [0.3, 0.4) is 0 Å². The minimum Gasteiger partial charge on any atom is -0.496 e. The van der Waals surface area contributed by atoms with Crippen molar-refractivity contribution in [3.05, 3.63) is 39.5 Å². The second kappa shape index (κ2) is 9.01. The predicted molar refractivity (Wildman–Crippen MR) is 104 cm³/mol. The Balaban J connectivity index is 2.39. The van der Waals surface area contributed by atoms with Crippen molar-refractivity contribution in [2.75, 3.05) is 24.8 Å². The van der Waals surface area contributed by atoms with Crippen LogP contribution in [0.4, 0.5) is 11.8 Å². The smallest absolute Gasteiger partial charge is 0.222 e. The molecule has 4 N–H and O–H groups in total. The second-order valence-corrected chi connectivity index (χ2v) is 6.86. The number of ether oxygens (including phenoxy) is 1. The summed E-state index contributed by atoms with van der Waals surface area (Å²) in [6.45, 7) is 4.03. The number of aryl methyl sites for hydroxylation is 1. The van der Waals surface area contributed by atoms with Crippen LogP contribution >= 0.6 is 15.9 Å². The molecule has 2 rings (SSSR count). The van der Waals surface area contributed by atoms with Crippen molar-refractivity contribution in [3.63, 3.8) is 0 Å². The Labute approximate surface area is 157 Å².